The number of hydrogen-bond acceptors (Lipinski definition) is 7. The number of rotatable bonds is 7. The minimum Gasteiger partial charge on any atom is -0.311 e. The average Bonchev–Trinajstić information content (AvgIpc) is 3.64. The minimum absolute atomic E-state index is 0.0222. The Hall–Kier alpha value is -10.2. The van der Waals surface area contributed by atoms with E-state index < -0.39 is 0 Å². The van der Waals surface area contributed by atoms with Gasteiger partial charge < -0.3 is 4.90 Å². The van der Waals surface area contributed by atoms with Crippen LogP contribution in [0.2, 0.25) is 0 Å². The maximum absolute atomic E-state index is 5.62. The molecule has 16 rings (SSSR count). The van der Waals surface area contributed by atoms with Gasteiger partial charge in [-0.1, -0.05) is 194 Å². The Kier molecular flexibility index (Phi) is 10.00. The van der Waals surface area contributed by atoms with Crippen LogP contribution in [0.25, 0.3) is 33.8 Å². The lowest BCUT2D eigenvalue weighted by Gasteiger charge is -2.43. The van der Waals surface area contributed by atoms with Crippen molar-refractivity contribution in [2.45, 2.75) is 0 Å². The number of para-hydroxylation sites is 6. The molecule has 0 radical (unpaired) electrons. The third-order valence-corrected chi connectivity index (χ3v) is 16.0. The summed E-state index contributed by atoms with van der Waals surface area (Å²) in [5.74, 6) is 3.37. The molecule has 2 aromatic heterocycles. The monoisotopic (exact) mass is 993 g/mol. The second-order valence-corrected chi connectivity index (χ2v) is 20.3. The third kappa shape index (κ3) is 6.77. The number of anilines is 12. The predicted molar refractivity (Wildman–Crippen MR) is 324 cm³/mol. The summed E-state index contributed by atoms with van der Waals surface area (Å²) in [6.45, 7) is -0.145. The number of pyridine rings is 1. The first-order valence-electron chi connectivity index (χ1n) is 26.7. The second-order valence-electron chi connectivity index (χ2n) is 20.3. The molecule has 0 unspecified atom stereocenters. The van der Waals surface area contributed by atoms with Gasteiger partial charge in [0.25, 0.3) is 13.4 Å². The molecule has 0 N–H and O–H groups in total. The highest BCUT2D eigenvalue weighted by Gasteiger charge is 2.47. The van der Waals surface area contributed by atoms with Crippen molar-refractivity contribution in [3.8, 4) is 33.8 Å². The second kappa shape index (κ2) is 17.7. The fourth-order valence-corrected chi connectivity index (χ4v) is 12.7. The molecule has 7 nitrogen and oxygen atoms in total. The molecule has 0 spiro atoms. The lowest BCUT2D eigenvalue weighted by Crippen LogP contribution is -2.62. The molecule has 0 saturated carbocycles. The first-order chi connectivity index (χ1) is 38.7. The Morgan fingerprint density at radius 2 is 0.628 bits per heavy atom. The van der Waals surface area contributed by atoms with E-state index in [2.05, 4.69) is 287 Å². The molecule has 0 fully saturated rings. The van der Waals surface area contributed by atoms with Crippen LogP contribution < -0.4 is 52.4 Å². The first kappa shape index (κ1) is 44.1. The summed E-state index contributed by atoms with van der Waals surface area (Å²) in [6.07, 6.45) is 0. The van der Waals surface area contributed by atoms with E-state index in [1.807, 2.05) is 6.07 Å². The summed E-state index contributed by atoms with van der Waals surface area (Å²) in [6, 6.07) is 98.0. The van der Waals surface area contributed by atoms with E-state index >= 15 is 0 Å². The largest absolute Gasteiger partial charge is 0.311 e. The molecule has 0 aliphatic carbocycles. The summed E-state index contributed by atoms with van der Waals surface area (Å²) < 4.78 is 0. The van der Waals surface area contributed by atoms with Crippen LogP contribution in [0.15, 0.2) is 273 Å². The molecule has 6 heterocycles. The van der Waals surface area contributed by atoms with Crippen LogP contribution in [0.5, 0.6) is 0 Å². The highest BCUT2D eigenvalue weighted by Crippen LogP contribution is 2.47. The molecule has 4 aliphatic heterocycles. The molecule has 0 bridgehead atoms. The topological polar surface area (TPSA) is 51.6 Å². The zero-order valence-electron chi connectivity index (χ0n) is 42.3. The Labute approximate surface area is 453 Å². The van der Waals surface area contributed by atoms with E-state index in [-0.39, 0.29) is 13.4 Å². The molecule has 0 saturated heterocycles. The summed E-state index contributed by atoms with van der Waals surface area (Å²) >= 11 is 0. The normalized spacial score (nSPS) is 13.2. The zero-order chi connectivity index (χ0) is 51.3. The number of aromatic nitrogens is 3. The Morgan fingerprint density at radius 3 is 1.15 bits per heavy atom. The Bertz CT molecular complexity index is 4300. The number of fused-ring (bicyclic) bond motifs is 8. The zero-order valence-corrected chi connectivity index (χ0v) is 42.3. The summed E-state index contributed by atoms with van der Waals surface area (Å²) in [5, 5.41) is 0. The lowest BCUT2D eigenvalue weighted by atomic mass is 9.33. The highest BCUT2D eigenvalue weighted by molar-refractivity contribution is 7.01. The Morgan fingerprint density at radius 1 is 0.244 bits per heavy atom. The van der Waals surface area contributed by atoms with E-state index in [9.17, 15) is 0 Å². The summed E-state index contributed by atoms with van der Waals surface area (Å²) in [7, 11) is 0. The van der Waals surface area contributed by atoms with Gasteiger partial charge in [0.05, 0.1) is 5.69 Å². The average molecular weight is 994 g/mol. The molecular weight excluding hydrogens is 948 g/mol. The van der Waals surface area contributed by atoms with Crippen LogP contribution in [0, 0.1) is 0 Å². The summed E-state index contributed by atoms with van der Waals surface area (Å²) in [4.78, 5) is 26.2. The van der Waals surface area contributed by atoms with Crippen molar-refractivity contribution in [2.24, 2.45) is 0 Å². The molecule has 0 amide bonds. The van der Waals surface area contributed by atoms with Crippen LogP contribution >= 0.6 is 0 Å². The van der Waals surface area contributed by atoms with E-state index in [0.717, 1.165) is 102 Å². The molecule has 9 heteroatoms. The van der Waals surface area contributed by atoms with E-state index in [1.54, 1.807) is 0 Å². The van der Waals surface area contributed by atoms with Gasteiger partial charge in [-0.2, -0.15) is 0 Å². The van der Waals surface area contributed by atoms with Crippen molar-refractivity contribution < 1.29 is 0 Å². The van der Waals surface area contributed by atoms with Crippen molar-refractivity contribution in [1.29, 1.82) is 0 Å². The van der Waals surface area contributed by atoms with Crippen LogP contribution in [0.4, 0.5) is 68.6 Å². The van der Waals surface area contributed by atoms with Gasteiger partial charge in [0.2, 0.25) is 0 Å². The van der Waals surface area contributed by atoms with Crippen molar-refractivity contribution in [2.75, 3.05) is 19.6 Å². The highest BCUT2D eigenvalue weighted by atomic mass is 15.3. The quantitative estimate of drug-likeness (QED) is 0.147. The van der Waals surface area contributed by atoms with Crippen molar-refractivity contribution in [3.05, 3.63) is 273 Å². The van der Waals surface area contributed by atoms with Crippen molar-refractivity contribution >= 4 is 115 Å². The molecular formula is C69H45B2N7. The first-order valence-corrected chi connectivity index (χ1v) is 26.7. The van der Waals surface area contributed by atoms with Crippen molar-refractivity contribution in [1.82, 2.24) is 15.0 Å². The van der Waals surface area contributed by atoms with Crippen LogP contribution in [0.3, 0.4) is 0 Å². The fraction of sp³-hybridized carbons (Fsp3) is 0. The molecule has 4 aliphatic rings. The number of nitrogens with zero attached hydrogens (tertiary/aromatic N) is 7. The van der Waals surface area contributed by atoms with Crippen LogP contribution in [-0.4, -0.2) is 28.4 Å². The number of hydrogen-bond donors (Lipinski definition) is 0. The lowest BCUT2D eigenvalue weighted by molar-refractivity contribution is 1.10. The molecule has 12 aromatic rings. The van der Waals surface area contributed by atoms with Gasteiger partial charge in [-0.15, -0.1) is 0 Å². The molecule has 0 atom stereocenters. The Balaban J connectivity index is 0.872. The maximum Gasteiger partial charge on any atom is 0.256 e. The predicted octanol–water partition coefficient (Wildman–Crippen LogP) is 13.0. The molecule has 10 aromatic carbocycles. The van der Waals surface area contributed by atoms with Gasteiger partial charge in [-0.3, -0.25) is 14.7 Å². The van der Waals surface area contributed by atoms with Gasteiger partial charge in [0, 0.05) is 67.8 Å². The fourth-order valence-electron chi connectivity index (χ4n) is 12.7. The van der Waals surface area contributed by atoms with Crippen LogP contribution in [-0.2, 0) is 0 Å². The van der Waals surface area contributed by atoms with Crippen molar-refractivity contribution in [3.63, 3.8) is 0 Å². The van der Waals surface area contributed by atoms with Gasteiger partial charge >= 0.3 is 0 Å². The standard InChI is InChI=1S/C69H45B2N7/c1-6-22-47(23-7-1)58-45-63-64-67(72-58)76(50-26-10-3-11-27-50)60-36-20-17-33-55(60)70(64)54-32-16-19-35-59(54)75(63)53-41-38-46(39-42-53)49-40-43-57-62(44-49)78(52-30-14-5-15-31-52)69-65-68(73-66(74-69)48-24-8-2-9-25-48)77(51-28-12-4-13-29-51)61-37-21-18-34-56(61)71(57)65/h1-45H. The molecule has 362 valence electrons. The summed E-state index contributed by atoms with van der Waals surface area (Å²) in [5.41, 5.74) is 22.2. The van der Waals surface area contributed by atoms with Gasteiger partial charge in [0.15, 0.2) is 5.82 Å². The van der Waals surface area contributed by atoms with E-state index in [4.69, 9.17) is 15.0 Å². The van der Waals surface area contributed by atoms with Gasteiger partial charge in [-0.25, -0.2) is 15.0 Å². The smallest absolute Gasteiger partial charge is 0.256 e. The van der Waals surface area contributed by atoms with Crippen LogP contribution in [0.1, 0.15) is 0 Å². The minimum atomic E-state index is -0.123. The van der Waals surface area contributed by atoms with Gasteiger partial charge in [-0.05, 0) is 117 Å². The molecule has 78 heavy (non-hydrogen) atoms. The maximum atomic E-state index is 5.62. The third-order valence-electron chi connectivity index (χ3n) is 16.0. The SMILES string of the molecule is c1ccc(-c2cc3c4c(n2)N(c2ccccc2)c2ccccc2B4c2ccccc2N3c2ccc(-c3ccc4c(c3)N(c3ccccc3)c3nc(-c5ccccc5)nc5c3B4c3ccccc3N5c3ccccc3)cc2)cc1. The van der Waals surface area contributed by atoms with E-state index in [1.165, 1.54) is 27.3 Å². The number of benzene rings is 10. The van der Waals surface area contributed by atoms with Gasteiger partial charge in [0.1, 0.15) is 17.5 Å². The van der Waals surface area contributed by atoms with E-state index in [0.29, 0.717) is 5.82 Å².